The summed E-state index contributed by atoms with van der Waals surface area (Å²) in [5, 5.41) is 0.246. The third kappa shape index (κ3) is 4.96. The molecule has 29 heavy (non-hydrogen) atoms. The highest BCUT2D eigenvalue weighted by Gasteiger charge is 2.35. The Morgan fingerprint density at radius 1 is 1.28 bits per heavy atom. The molecule has 0 atom stereocenters. The van der Waals surface area contributed by atoms with Gasteiger partial charge in [0, 0.05) is 15.1 Å². The van der Waals surface area contributed by atoms with Crippen molar-refractivity contribution in [3.8, 4) is 23.8 Å². The quantitative estimate of drug-likeness (QED) is 0.401. The molecular weight excluding hydrogens is 478 g/mol. The number of ether oxygens (including phenoxy) is 2. The molecule has 148 valence electrons. The average molecular weight is 493 g/mol. The molecule has 0 unspecified atom stereocenters. The predicted molar refractivity (Wildman–Crippen MR) is 118 cm³/mol. The molecule has 5 nitrogen and oxygen atoms in total. The number of terminal acetylenes is 1. The predicted octanol–water partition coefficient (Wildman–Crippen LogP) is 5.36. The van der Waals surface area contributed by atoms with Crippen LogP contribution in [0.2, 0.25) is 5.02 Å². The number of rotatable bonds is 6. The molecule has 2 aromatic carbocycles. The van der Waals surface area contributed by atoms with E-state index in [0.29, 0.717) is 22.1 Å². The number of hydrogen-bond donors (Lipinski definition) is 0. The Balaban J connectivity index is 1.92. The van der Waals surface area contributed by atoms with Crippen LogP contribution in [0, 0.1) is 12.3 Å². The Morgan fingerprint density at radius 3 is 2.66 bits per heavy atom. The zero-order valence-corrected chi connectivity index (χ0v) is 18.4. The van der Waals surface area contributed by atoms with Crippen molar-refractivity contribution in [2.45, 2.75) is 6.54 Å². The molecule has 3 rings (SSSR count). The second-order valence-corrected chi connectivity index (χ2v) is 8.26. The number of hydrogen-bond acceptors (Lipinski definition) is 5. The molecule has 1 fully saturated rings. The summed E-state index contributed by atoms with van der Waals surface area (Å²) in [6, 6.07) is 10.5. The van der Waals surface area contributed by atoms with Gasteiger partial charge >= 0.3 is 0 Å². The van der Waals surface area contributed by atoms with Gasteiger partial charge in [-0.15, -0.1) is 6.42 Å². The molecule has 0 saturated carbocycles. The summed E-state index contributed by atoms with van der Waals surface area (Å²) in [5.41, 5.74) is 1.38. The van der Waals surface area contributed by atoms with Crippen molar-refractivity contribution in [2.24, 2.45) is 0 Å². The molecule has 8 heteroatoms. The Morgan fingerprint density at radius 2 is 2.00 bits per heavy atom. The SMILES string of the molecule is C#CCOc1c(/C=C2/SC(=O)N(Cc3ccc(Cl)cc3)C2=O)cc(Br)cc1OC. The summed E-state index contributed by atoms with van der Waals surface area (Å²) in [6.45, 7) is 0.207. The minimum atomic E-state index is -0.378. The highest BCUT2D eigenvalue weighted by atomic mass is 79.9. The van der Waals surface area contributed by atoms with Crippen molar-refractivity contribution < 1.29 is 19.1 Å². The van der Waals surface area contributed by atoms with Crippen molar-refractivity contribution in [1.29, 1.82) is 0 Å². The van der Waals surface area contributed by atoms with Gasteiger partial charge in [-0.1, -0.05) is 45.6 Å². The lowest BCUT2D eigenvalue weighted by atomic mass is 10.1. The smallest absolute Gasteiger partial charge is 0.293 e. The molecule has 1 aliphatic rings. The molecular formula is C21H15BrClNO4S. The van der Waals surface area contributed by atoms with Crippen molar-refractivity contribution in [3.05, 3.63) is 61.9 Å². The molecule has 0 aliphatic carbocycles. The van der Waals surface area contributed by atoms with E-state index in [1.807, 2.05) is 0 Å². The first-order chi connectivity index (χ1) is 13.9. The van der Waals surface area contributed by atoms with Crippen LogP contribution < -0.4 is 9.47 Å². The number of carbonyl (C=O) groups is 2. The van der Waals surface area contributed by atoms with Crippen LogP contribution in [-0.2, 0) is 11.3 Å². The number of carbonyl (C=O) groups excluding carboxylic acids is 2. The van der Waals surface area contributed by atoms with Crippen LogP contribution in [-0.4, -0.2) is 29.8 Å². The fourth-order valence-electron chi connectivity index (χ4n) is 2.67. The van der Waals surface area contributed by atoms with Gasteiger partial charge in [0.1, 0.15) is 6.61 Å². The maximum absolute atomic E-state index is 12.8. The van der Waals surface area contributed by atoms with Crippen LogP contribution in [0.15, 0.2) is 45.8 Å². The molecule has 0 spiro atoms. The van der Waals surface area contributed by atoms with E-state index >= 15 is 0 Å². The highest BCUT2D eigenvalue weighted by Crippen LogP contribution is 2.39. The van der Waals surface area contributed by atoms with Gasteiger partial charge in [-0.3, -0.25) is 14.5 Å². The average Bonchev–Trinajstić information content (AvgIpc) is 2.95. The van der Waals surface area contributed by atoms with Crippen molar-refractivity contribution >= 4 is 56.5 Å². The van der Waals surface area contributed by atoms with Crippen molar-refractivity contribution in [1.82, 2.24) is 4.90 Å². The standard InChI is InChI=1S/C21H15BrClNO4S/c1-3-8-28-19-14(9-15(22)11-17(19)27-2)10-18-20(25)24(21(26)29-18)12-13-4-6-16(23)7-5-13/h1,4-7,9-11H,8,12H2,2H3/b18-10+. The molecule has 0 bridgehead atoms. The summed E-state index contributed by atoms with van der Waals surface area (Å²) < 4.78 is 11.7. The third-order valence-corrected chi connectivity index (χ3v) is 5.60. The van der Waals surface area contributed by atoms with Crippen molar-refractivity contribution in [3.63, 3.8) is 0 Å². The zero-order valence-electron chi connectivity index (χ0n) is 15.3. The topological polar surface area (TPSA) is 55.8 Å². The molecule has 0 radical (unpaired) electrons. The molecule has 1 saturated heterocycles. The maximum atomic E-state index is 12.8. The maximum Gasteiger partial charge on any atom is 0.293 e. The third-order valence-electron chi connectivity index (χ3n) is 3.98. The monoisotopic (exact) mass is 491 g/mol. The number of benzene rings is 2. The van der Waals surface area contributed by atoms with Crippen LogP contribution in [0.25, 0.3) is 6.08 Å². The van der Waals surface area contributed by atoms with E-state index in [1.54, 1.807) is 42.5 Å². The lowest BCUT2D eigenvalue weighted by molar-refractivity contribution is -0.123. The van der Waals surface area contributed by atoms with Crippen LogP contribution in [0.1, 0.15) is 11.1 Å². The summed E-state index contributed by atoms with van der Waals surface area (Å²) in [6.07, 6.45) is 6.90. The van der Waals surface area contributed by atoms with E-state index in [4.69, 9.17) is 27.5 Å². The van der Waals surface area contributed by atoms with E-state index in [0.717, 1.165) is 21.8 Å². The lowest BCUT2D eigenvalue weighted by Crippen LogP contribution is -2.27. The minimum absolute atomic E-state index is 0.0386. The number of methoxy groups -OCH3 is 1. The van der Waals surface area contributed by atoms with Gasteiger partial charge in [-0.05, 0) is 47.7 Å². The van der Waals surface area contributed by atoms with Crippen molar-refractivity contribution in [2.75, 3.05) is 13.7 Å². The van der Waals surface area contributed by atoms with E-state index in [2.05, 4.69) is 21.9 Å². The van der Waals surface area contributed by atoms with E-state index in [9.17, 15) is 9.59 Å². The summed E-state index contributed by atoms with van der Waals surface area (Å²) in [4.78, 5) is 26.7. The Bertz CT molecular complexity index is 1030. The van der Waals surface area contributed by atoms with Crippen LogP contribution in [0.3, 0.4) is 0 Å². The van der Waals surface area contributed by atoms with Gasteiger partial charge in [-0.2, -0.15) is 0 Å². The molecule has 2 amide bonds. The Hall–Kier alpha value is -2.40. The van der Waals surface area contributed by atoms with Gasteiger partial charge in [0.25, 0.3) is 11.1 Å². The van der Waals surface area contributed by atoms with Gasteiger partial charge in [0.2, 0.25) is 0 Å². The Labute approximate surface area is 186 Å². The second-order valence-electron chi connectivity index (χ2n) is 5.91. The molecule has 1 aliphatic heterocycles. The van der Waals surface area contributed by atoms with E-state index < -0.39 is 0 Å². The lowest BCUT2D eigenvalue weighted by Gasteiger charge is -2.13. The number of imide groups is 1. The van der Waals surface area contributed by atoms with E-state index in [-0.39, 0.29) is 29.2 Å². The molecule has 0 N–H and O–H groups in total. The summed E-state index contributed by atoms with van der Waals surface area (Å²) >= 11 is 10.2. The number of nitrogens with zero attached hydrogens (tertiary/aromatic N) is 1. The normalized spacial score (nSPS) is 15.0. The Kier molecular flexibility index (Phi) is 6.91. The van der Waals surface area contributed by atoms with Crippen LogP contribution >= 0.6 is 39.3 Å². The first-order valence-corrected chi connectivity index (χ1v) is 10.3. The first-order valence-electron chi connectivity index (χ1n) is 8.36. The largest absolute Gasteiger partial charge is 0.493 e. The molecule has 2 aromatic rings. The molecule has 1 heterocycles. The second kappa shape index (κ2) is 9.40. The van der Waals surface area contributed by atoms with Gasteiger partial charge < -0.3 is 9.47 Å². The van der Waals surface area contributed by atoms with Crippen LogP contribution in [0.4, 0.5) is 4.79 Å². The number of thioether (sulfide) groups is 1. The molecule has 0 aromatic heterocycles. The highest BCUT2D eigenvalue weighted by molar-refractivity contribution is 9.10. The summed E-state index contributed by atoms with van der Waals surface area (Å²) in [5.74, 6) is 2.89. The minimum Gasteiger partial charge on any atom is -0.493 e. The van der Waals surface area contributed by atoms with Gasteiger partial charge in [0.05, 0.1) is 18.6 Å². The van der Waals surface area contributed by atoms with Gasteiger partial charge in [-0.25, -0.2) is 0 Å². The van der Waals surface area contributed by atoms with E-state index in [1.165, 1.54) is 12.0 Å². The fraction of sp³-hybridized carbons (Fsp3) is 0.143. The van der Waals surface area contributed by atoms with Gasteiger partial charge in [0.15, 0.2) is 11.5 Å². The first kappa shape index (κ1) is 21.3. The fourth-order valence-corrected chi connectivity index (χ4v) is 4.08. The van der Waals surface area contributed by atoms with Crippen LogP contribution in [0.5, 0.6) is 11.5 Å². The summed E-state index contributed by atoms with van der Waals surface area (Å²) in [7, 11) is 1.51. The number of halogens is 2. The number of amides is 2. The zero-order chi connectivity index (χ0) is 21.0.